The van der Waals surface area contributed by atoms with Gasteiger partial charge in [-0.1, -0.05) is 12.1 Å². The van der Waals surface area contributed by atoms with Crippen molar-refractivity contribution < 1.29 is 19.5 Å². The highest BCUT2D eigenvalue weighted by atomic mass is 16.5. The first-order chi connectivity index (χ1) is 8.58. The third kappa shape index (κ3) is 4.31. The smallest absolute Gasteiger partial charge is 0.492 e. The first kappa shape index (κ1) is 15.0. The summed E-state index contributed by atoms with van der Waals surface area (Å²) in [6.45, 7) is 2.20. The van der Waals surface area contributed by atoms with Crippen LogP contribution in [0.4, 0.5) is 0 Å². The van der Waals surface area contributed by atoms with Gasteiger partial charge in [0.1, 0.15) is 5.75 Å². The van der Waals surface area contributed by atoms with Crippen LogP contribution in [0.2, 0.25) is 0 Å². The lowest BCUT2D eigenvalue weighted by atomic mass is 9.78. The van der Waals surface area contributed by atoms with Gasteiger partial charge in [-0.05, 0) is 18.7 Å². The number of nitrogens with zero attached hydrogens (tertiary/aromatic N) is 1. The molecule has 0 aliphatic carbocycles. The highest BCUT2D eigenvalue weighted by molar-refractivity contribution is 6.59. The van der Waals surface area contributed by atoms with Crippen LogP contribution in [-0.4, -0.2) is 56.5 Å². The summed E-state index contributed by atoms with van der Waals surface area (Å²) in [5.74, 6) is 0.480. The summed E-state index contributed by atoms with van der Waals surface area (Å²) in [5, 5.41) is 18.6. The van der Waals surface area contributed by atoms with Crippen molar-refractivity contribution in [3.8, 4) is 5.75 Å². The molecule has 0 saturated heterocycles. The van der Waals surface area contributed by atoms with E-state index in [1.54, 1.807) is 19.2 Å². The molecule has 2 N–H and O–H groups in total. The molecule has 0 bridgehead atoms. The minimum Gasteiger partial charge on any atom is -0.497 e. The molecule has 18 heavy (non-hydrogen) atoms. The Hall–Kier alpha value is -1.08. The number of likely N-dealkylation sites (N-methyl/N-ethyl adjacent to an activating group) is 1. The normalized spacial score (nSPS) is 10.8. The second-order valence-electron chi connectivity index (χ2n) is 4.18. The molecule has 0 radical (unpaired) electrons. The lowest BCUT2D eigenvalue weighted by Gasteiger charge is -2.17. The number of methoxy groups -OCH3 is 2. The van der Waals surface area contributed by atoms with Gasteiger partial charge >= 0.3 is 7.12 Å². The quantitative estimate of drug-likeness (QED) is 0.639. The summed E-state index contributed by atoms with van der Waals surface area (Å²) in [7, 11) is 3.63. The van der Waals surface area contributed by atoms with Crippen LogP contribution >= 0.6 is 0 Å². The van der Waals surface area contributed by atoms with Gasteiger partial charge in [0.2, 0.25) is 0 Å². The molecule has 0 atom stereocenters. The van der Waals surface area contributed by atoms with E-state index in [9.17, 15) is 10.0 Å². The Morgan fingerprint density at radius 1 is 1.28 bits per heavy atom. The Morgan fingerprint density at radius 3 is 2.56 bits per heavy atom. The Labute approximate surface area is 108 Å². The lowest BCUT2D eigenvalue weighted by Crippen LogP contribution is -2.32. The minimum atomic E-state index is -1.52. The van der Waals surface area contributed by atoms with Crippen molar-refractivity contribution in [1.82, 2.24) is 4.90 Å². The van der Waals surface area contributed by atoms with E-state index in [0.29, 0.717) is 24.4 Å². The van der Waals surface area contributed by atoms with Gasteiger partial charge in [0.25, 0.3) is 0 Å². The monoisotopic (exact) mass is 253 g/mol. The van der Waals surface area contributed by atoms with E-state index in [0.717, 1.165) is 12.1 Å². The van der Waals surface area contributed by atoms with Crippen LogP contribution in [0.25, 0.3) is 0 Å². The highest BCUT2D eigenvalue weighted by Gasteiger charge is 2.17. The van der Waals surface area contributed by atoms with Crippen LogP contribution in [0, 0.1) is 0 Å². The molecule has 0 aromatic heterocycles. The molecule has 1 rings (SSSR count). The molecule has 5 nitrogen and oxygen atoms in total. The van der Waals surface area contributed by atoms with E-state index in [1.165, 1.54) is 7.11 Å². The Morgan fingerprint density at radius 2 is 2.00 bits per heavy atom. The average Bonchev–Trinajstić information content (AvgIpc) is 2.36. The Balaban J connectivity index is 2.75. The number of ether oxygens (including phenoxy) is 2. The fraction of sp³-hybridized carbons (Fsp3) is 0.500. The zero-order valence-electron chi connectivity index (χ0n) is 11.1. The molecular weight excluding hydrogens is 233 g/mol. The van der Waals surface area contributed by atoms with Gasteiger partial charge in [-0.25, -0.2) is 0 Å². The van der Waals surface area contributed by atoms with Gasteiger partial charge in [0.15, 0.2) is 0 Å². The molecule has 0 heterocycles. The maximum Gasteiger partial charge on any atom is 0.492 e. The third-order valence-electron chi connectivity index (χ3n) is 2.70. The van der Waals surface area contributed by atoms with E-state index in [-0.39, 0.29) is 0 Å². The zero-order valence-corrected chi connectivity index (χ0v) is 11.1. The van der Waals surface area contributed by atoms with Crippen LogP contribution in [0.5, 0.6) is 5.75 Å². The molecular formula is C12H20BNO4. The molecule has 0 saturated carbocycles. The Bertz CT molecular complexity index is 373. The van der Waals surface area contributed by atoms with Crippen molar-refractivity contribution in [2.75, 3.05) is 34.4 Å². The predicted molar refractivity (Wildman–Crippen MR) is 71.0 cm³/mol. The second kappa shape index (κ2) is 7.38. The first-order valence-electron chi connectivity index (χ1n) is 5.79. The Kier molecular flexibility index (Phi) is 6.14. The van der Waals surface area contributed by atoms with Crippen LogP contribution in [-0.2, 0) is 11.3 Å². The predicted octanol–water partition coefficient (Wildman–Crippen LogP) is -0.547. The van der Waals surface area contributed by atoms with Gasteiger partial charge in [-0.15, -0.1) is 0 Å². The standard InChI is InChI=1S/C12H20BNO4/c1-14(6-7-17-2)9-10-4-5-12(18-3)11(8-10)13(15)16/h4-5,8,15-16H,6-7,9H2,1-3H3. The largest absolute Gasteiger partial charge is 0.497 e. The summed E-state index contributed by atoms with van der Waals surface area (Å²) in [5.41, 5.74) is 1.38. The molecule has 6 heteroatoms. The summed E-state index contributed by atoms with van der Waals surface area (Å²) < 4.78 is 10.1. The van der Waals surface area contributed by atoms with E-state index in [4.69, 9.17) is 9.47 Å². The van der Waals surface area contributed by atoms with Gasteiger partial charge in [-0.2, -0.15) is 0 Å². The van der Waals surface area contributed by atoms with Gasteiger partial charge in [0.05, 0.1) is 13.7 Å². The van der Waals surface area contributed by atoms with Gasteiger partial charge < -0.3 is 19.5 Å². The maximum atomic E-state index is 9.28. The molecule has 0 amide bonds. The summed E-state index contributed by atoms with van der Waals surface area (Å²) >= 11 is 0. The highest BCUT2D eigenvalue weighted by Crippen LogP contribution is 2.11. The minimum absolute atomic E-state index is 0.384. The second-order valence-corrected chi connectivity index (χ2v) is 4.18. The molecule has 0 aliphatic heterocycles. The fourth-order valence-corrected chi connectivity index (χ4v) is 1.72. The lowest BCUT2D eigenvalue weighted by molar-refractivity contribution is 0.158. The van der Waals surface area contributed by atoms with Crippen LogP contribution < -0.4 is 10.2 Å². The van der Waals surface area contributed by atoms with Crippen molar-refractivity contribution in [1.29, 1.82) is 0 Å². The van der Waals surface area contributed by atoms with Crippen LogP contribution in [0.1, 0.15) is 5.56 Å². The number of benzene rings is 1. The maximum absolute atomic E-state index is 9.28. The number of hydrogen-bond acceptors (Lipinski definition) is 5. The van der Waals surface area contributed by atoms with E-state index >= 15 is 0 Å². The summed E-state index contributed by atoms with van der Waals surface area (Å²) in [6, 6.07) is 5.40. The summed E-state index contributed by atoms with van der Waals surface area (Å²) in [4.78, 5) is 2.10. The molecule has 100 valence electrons. The molecule has 0 fully saturated rings. The van der Waals surface area contributed by atoms with Crippen molar-refractivity contribution >= 4 is 12.6 Å². The SMILES string of the molecule is COCCN(C)Cc1ccc(OC)c(B(O)O)c1. The van der Waals surface area contributed by atoms with E-state index in [2.05, 4.69) is 4.90 Å². The number of rotatable bonds is 7. The van der Waals surface area contributed by atoms with E-state index < -0.39 is 7.12 Å². The molecule has 0 unspecified atom stereocenters. The van der Waals surface area contributed by atoms with Gasteiger partial charge in [-0.3, -0.25) is 4.90 Å². The van der Waals surface area contributed by atoms with Crippen molar-refractivity contribution in [3.05, 3.63) is 23.8 Å². The van der Waals surface area contributed by atoms with Gasteiger partial charge in [0, 0.05) is 25.7 Å². The van der Waals surface area contributed by atoms with Crippen molar-refractivity contribution in [2.45, 2.75) is 6.54 Å². The first-order valence-corrected chi connectivity index (χ1v) is 5.79. The van der Waals surface area contributed by atoms with Crippen molar-refractivity contribution in [2.24, 2.45) is 0 Å². The zero-order chi connectivity index (χ0) is 13.5. The molecule has 1 aromatic carbocycles. The molecule has 0 aliphatic rings. The fourth-order valence-electron chi connectivity index (χ4n) is 1.72. The summed E-state index contributed by atoms with van der Waals surface area (Å²) in [6.07, 6.45) is 0. The van der Waals surface area contributed by atoms with Crippen LogP contribution in [0.15, 0.2) is 18.2 Å². The topological polar surface area (TPSA) is 62.2 Å². The third-order valence-corrected chi connectivity index (χ3v) is 2.70. The van der Waals surface area contributed by atoms with E-state index in [1.807, 2.05) is 13.1 Å². The number of hydrogen-bond donors (Lipinski definition) is 2. The van der Waals surface area contributed by atoms with Crippen molar-refractivity contribution in [3.63, 3.8) is 0 Å². The average molecular weight is 253 g/mol. The molecule has 1 aromatic rings. The van der Waals surface area contributed by atoms with Crippen LogP contribution in [0.3, 0.4) is 0 Å². The molecule has 0 spiro atoms.